The first kappa shape index (κ1) is 15.7. The molecule has 0 bridgehead atoms. The van der Waals surface area contributed by atoms with Crippen molar-refractivity contribution in [1.29, 1.82) is 0 Å². The minimum atomic E-state index is -3.66. The summed E-state index contributed by atoms with van der Waals surface area (Å²) in [4.78, 5) is 8.76. The van der Waals surface area contributed by atoms with Crippen LogP contribution < -0.4 is 0 Å². The molecule has 2 aromatic heterocycles. The van der Waals surface area contributed by atoms with Crippen molar-refractivity contribution in [2.75, 3.05) is 7.05 Å². The highest BCUT2D eigenvalue weighted by molar-refractivity contribution is 7.89. The number of aromatic nitrogens is 2. The van der Waals surface area contributed by atoms with E-state index in [1.54, 1.807) is 5.51 Å². The monoisotopic (exact) mass is 351 g/mol. The van der Waals surface area contributed by atoms with Crippen LogP contribution in [0.4, 0.5) is 0 Å². The predicted molar refractivity (Wildman–Crippen MR) is 79.8 cm³/mol. The molecule has 0 aliphatic heterocycles. The number of hydrogen-bond donors (Lipinski definition) is 0. The number of sulfonamides is 1. The average Bonchev–Trinajstić information content (AvgIpc) is 2.78. The number of nitrogens with zero attached hydrogens (tertiary/aromatic N) is 3. The topological polar surface area (TPSA) is 63.2 Å². The highest BCUT2D eigenvalue weighted by atomic mass is 35.5. The van der Waals surface area contributed by atoms with Gasteiger partial charge in [0.05, 0.1) is 16.2 Å². The minimum Gasteiger partial charge on any atom is -0.250 e. The normalized spacial score (nSPS) is 12.1. The average molecular weight is 352 g/mol. The SMILES string of the molecule is Cc1ncsc1CN(C)S(=O)(=O)c1cnc(Cl)c(Cl)c1. The number of thiazole rings is 1. The Balaban J connectivity index is 2.29. The number of halogens is 2. The molecule has 2 aromatic rings. The lowest BCUT2D eigenvalue weighted by atomic mass is 10.4. The molecule has 0 atom stereocenters. The first-order chi connectivity index (χ1) is 9.32. The maximum Gasteiger partial charge on any atom is 0.244 e. The van der Waals surface area contributed by atoms with Gasteiger partial charge in [-0.15, -0.1) is 11.3 Å². The molecule has 0 unspecified atom stereocenters. The van der Waals surface area contributed by atoms with Crippen LogP contribution in [-0.4, -0.2) is 29.7 Å². The van der Waals surface area contributed by atoms with E-state index in [9.17, 15) is 8.42 Å². The second-order valence-electron chi connectivity index (χ2n) is 4.07. The largest absolute Gasteiger partial charge is 0.250 e. The van der Waals surface area contributed by atoms with Crippen molar-refractivity contribution < 1.29 is 8.42 Å². The van der Waals surface area contributed by atoms with Crippen LogP contribution in [-0.2, 0) is 16.6 Å². The lowest BCUT2D eigenvalue weighted by molar-refractivity contribution is 0.468. The van der Waals surface area contributed by atoms with Gasteiger partial charge in [-0.05, 0) is 13.0 Å². The van der Waals surface area contributed by atoms with Crippen LogP contribution >= 0.6 is 34.5 Å². The summed E-state index contributed by atoms with van der Waals surface area (Å²) in [5.74, 6) is 0. The van der Waals surface area contributed by atoms with Gasteiger partial charge < -0.3 is 0 Å². The van der Waals surface area contributed by atoms with E-state index >= 15 is 0 Å². The van der Waals surface area contributed by atoms with Crippen molar-refractivity contribution in [3.05, 3.63) is 38.5 Å². The van der Waals surface area contributed by atoms with Gasteiger partial charge in [0.2, 0.25) is 10.0 Å². The minimum absolute atomic E-state index is 0.0107. The molecule has 0 saturated carbocycles. The molecule has 5 nitrogen and oxygen atoms in total. The van der Waals surface area contributed by atoms with E-state index in [0.29, 0.717) is 0 Å². The fourth-order valence-electron chi connectivity index (χ4n) is 1.49. The third kappa shape index (κ3) is 3.12. The number of pyridine rings is 1. The molecule has 0 aromatic carbocycles. The summed E-state index contributed by atoms with van der Waals surface area (Å²) in [5, 5.41) is 0.182. The van der Waals surface area contributed by atoms with Crippen LogP contribution in [0.1, 0.15) is 10.6 Å². The van der Waals surface area contributed by atoms with Crippen molar-refractivity contribution in [2.24, 2.45) is 0 Å². The molecule has 2 rings (SSSR count). The van der Waals surface area contributed by atoms with Gasteiger partial charge in [-0.3, -0.25) is 0 Å². The summed E-state index contributed by atoms with van der Waals surface area (Å²) in [6.07, 6.45) is 1.19. The summed E-state index contributed by atoms with van der Waals surface area (Å²) in [7, 11) is -2.17. The molecule has 0 saturated heterocycles. The molecule has 0 amide bonds. The van der Waals surface area contributed by atoms with Gasteiger partial charge >= 0.3 is 0 Å². The molecule has 0 N–H and O–H groups in total. The van der Waals surface area contributed by atoms with E-state index < -0.39 is 10.0 Å². The van der Waals surface area contributed by atoms with E-state index in [-0.39, 0.29) is 21.6 Å². The Hall–Kier alpha value is -0.730. The molecule has 0 aliphatic rings. The Bertz CT molecular complexity index is 731. The molecule has 9 heteroatoms. The van der Waals surface area contributed by atoms with Crippen molar-refractivity contribution in [2.45, 2.75) is 18.4 Å². The van der Waals surface area contributed by atoms with Gasteiger partial charge in [-0.1, -0.05) is 23.2 Å². The maximum atomic E-state index is 12.4. The van der Waals surface area contributed by atoms with Crippen molar-refractivity contribution in [1.82, 2.24) is 14.3 Å². The Morgan fingerprint density at radius 1 is 1.35 bits per heavy atom. The second kappa shape index (κ2) is 5.95. The van der Waals surface area contributed by atoms with Gasteiger partial charge in [-0.25, -0.2) is 18.4 Å². The molecule has 0 radical (unpaired) electrons. The van der Waals surface area contributed by atoms with Crippen LogP contribution in [0.15, 0.2) is 22.7 Å². The highest BCUT2D eigenvalue weighted by Gasteiger charge is 2.23. The zero-order valence-corrected chi connectivity index (χ0v) is 13.8. The molecular weight excluding hydrogens is 341 g/mol. The fourth-order valence-corrected chi connectivity index (χ4v) is 3.85. The first-order valence-corrected chi connectivity index (χ1v) is 8.56. The molecular formula is C11H11Cl2N3O2S2. The van der Waals surface area contributed by atoms with Crippen LogP contribution in [0.3, 0.4) is 0 Å². The lowest BCUT2D eigenvalue weighted by Crippen LogP contribution is -2.26. The first-order valence-electron chi connectivity index (χ1n) is 5.48. The van der Waals surface area contributed by atoms with Gasteiger partial charge in [0.25, 0.3) is 0 Å². The quantitative estimate of drug-likeness (QED) is 0.794. The molecule has 0 aliphatic carbocycles. The van der Waals surface area contributed by atoms with Crippen LogP contribution in [0.2, 0.25) is 10.2 Å². The van der Waals surface area contributed by atoms with Crippen molar-refractivity contribution >= 4 is 44.6 Å². The van der Waals surface area contributed by atoms with Crippen LogP contribution in [0.25, 0.3) is 0 Å². The number of aryl methyl sites for hydroxylation is 1. The van der Waals surface area contributed by atoms with Gasteiger partial charge in [0, 0.05) is 24.7 Å². The Morgan fingerprint density at radius 2 is 2.05 bits per heavy atom. The predicted octanol–water partition coefficient (Wildman–Crippen LogP) is 2.97. The smallest absolute Gasteiger partial charge is 0.244 e. The van der Waals surface area contributed by atoms with E-state index in [0.717, 1.165) is 10.6 Å². The summed E-state index contributed by atoms with van der Waals surface area (Å²) < 4.78 is 26.0. The van der Waals surface area contributed by atoms with Crippen molar-refractivity contribution in [3.8, 4) is 0 Å². The second-order valence-corrected chi connectivity index (χ2v) is 7.82. The molecule has 0 fully saturated rings. The Labute approximate surface area is 131 Å². The molecule has 108 valence electrons. The third-order valence-electron chi connectivity index (χ3n) is 2.69. The van der Waals surface area contributed by atoms with Crippen molar-refractivity contribution in [3.63, 3.8) is 0 Å². The van der Waals surface area contributed by atoms with Gasteiger partial charge in [-0.2, -0.15) is 4.31 Å². The van der Waals surface area contributed by atoms with E-state index in [1.807, 2.05) is 6.92 Å². The highest BCUT2D eigenvalue weighted by Crippen LogP contribution is 2.25. The zero-order valence-electron chi connectivity index (χ0n) is 10.7. The Kier molecular flexibility index (Phi) is 4.66. The third-order valence-corrected chi connectivity index (χ3v) is 6.07. The van der Waals surface area contributed by atoms with E-state index in [2.05, 4.69) is 9.97 Å². The number of rotatable bonds is 4. The van der Waals surface area contributed by atoms with Crippen LogP contribution in [0, 0.1) is 6.92 Å². The van der Waals surface area contributed by atoms with Gasteiger partial charge in [0.15, 0.2) is 0 Å². The summed E-state index contributed by atoms with van der Waals surface area (Å²) in [5.41, 5.74) is 2.51. The summed E-state index contributed by atoms with van der Waals surface area (Å²) in [6, 6.07) is 1.29. The molecule has 0 spiro atoms. The molecule has 20 heavy (non-hydrogen) atoms. The maximum absolute atomic E-state index is 12.4. The Morgan fingerprint density at radius 3 is 2.60 bits per heavy atom. The fraction of sp³-hybridized carbons (Fsp3) is 0.273. The molecule has 2 heterocycles. The van der Waals surface area contributed by atoms with E-state index in [4.69, 9.17) is 23.2 Å². The van der Waals surface area contributed by atoms with Gasteiger partial charge in [0.1, 0.15) is 10.0 Å². The summed E-state index contributed by atoms with van der Waals surface area (Å²) in [6.45, 7) is 2.09. The standard InChI is InChI=1S/C11H11Cl2N3O2S2/c1-7-10(19-6-15-7)5-16(2)20(17,18)8-3-9(12)11(13)14-4-8/h3-4,6H,5H2,1-2H3. The number of hydrogen-bond acceptors (Lipinski definition) is 5. The lowest BCUT2D eigenvalue weighted by Gasteiger charge is -2.16. The van der Waals surface area contributed by atoms with E-state index in [1.165, 1.54) is 35.0 Å². The summed E-state index contributed by atoms with van der Waals surface area (Å²) >= 11 is 12.9. The van der Waals surface area contributed by atoms with Crippen LogP contribution in [0.5, 0.6) is 0 Å². The zero-order chi connectivity index (χ0) is 14.9.